The zero-order valence-electron chi connectivity index (χ0n) is 18.3. The Labute approximate surface area is 183 Å². The minimum atomic E-state index is -3.63. The molecule has 1 aromatic heterocycles. The summed E-state index contributed by atoms with van der Waals surface area (Å²) in [5.41, 5.74) is 2.23. The molecule has 0 aliphatic carbocycles. The highest BCUT2D eigenvalue weighted by atomic mass is 32.2. The first kappa shape index (κ1) is 23.0. The Morgan fingerprint density at radius 2 is 1.94 bits per heavy atom. The summed E-state index contributed by atoms with van der Waals surface area (Å²) in [6, 6.07) is 8.22. The molecule has 3 rings (SSSR count). The highest BCUT2D eigenvalue weighted by Crippen LogP contribution is 2.12. The van der Waals surface area contributed by atoms with E-state index in [4.69, 9.17) is 0 Å². The van der Waals surface area contributed by atoms with Crippen LogP contribution in [0.5, 0.6) is 0 Å². The molecular weight excluding hydrogens is 416 g/mol. The van der Waals surface area contributed by atoms with E-state index in [1.807, 2.05) is 12.1 Å². The van der Waals surface area contributed by atoms with Crippen molar-refractivity contribution in [3.63, 3.8) is 0 Å². The second-order valence-electron chi connectivity index (χ2n) is 7.73. The van der Waals surface area contributed by atoms with Gasteiger partial charge in [-0.3, -0.25) is 9.79 Å². The van der Waals surface area contributed by atoms with Gasteiger partial charge in [0, 0.05) is 59.0 Å². The third kappa shape index (κ3) is 5.92. The van der Waals surface area contributed by atoms with Gasteiger partial charge in [-0.05, 0) is 18.4 Å². The summed E-state index contributed by atoms with van der Waals surface area (Å²) in [7, 11) is 1.38. The normalized spacial score (nSPS) is 13.9. The topological polar surface area (TPSA) is 99.9 Å². The summed E-state index contributed by atoms with van der Waals surface area (Å²) in [5.74, 6) is 0.943. The molecule has 2 aromatic rings. The number of aromatic nitrogens is 2. The van der Waals surface area contributed by atoms with E-state index in [1.54, 1.807) is 23.6 Å². The van der Waals surface area contributed by atoms with Gasteiger partial charge in [-0.25, -0.2) is 13.4 Å². The molecule has 31 heavy (non-hydrogen) atoms. The minimum absolute atomic E-state index is 0.00441. The van der Waals surface area contributed by atoms with Gasteiger partial charge in [0.1, 0.15) is 5.84 Å². The number of hydrogen-bond donors (Lipinski definition) is 1. The number of nitrogens with one attached hydrogen (secondary N) is 1. The van der Waals surface area contributed by atoms with Crippen molar-refractivity contribution in [2.45, 2.75) is 24.3 Å². The molecule has 0 unspecified atom stereocenters. The minimum Gasteiger partial charge on any atom is -0.368 e. The van der Waals surface area contributed by atoms with Crippen molar-refractivity contribution in [1.82, 2.24) is 24.1 Å². The number of carbonyl (C=O) groups is 1. The number of carbonyl (C=O) groups excluding carboxylic acids is 1. The lowest BCUT2D eigenvalue weighted by Gasteiger charge is -2.19. The zero-order valence-corrected chi connectivity index (χ0v) is 19.1. The van der Waals surface area contributed by atoms with Gasteiger partial charge >= 0.3 is 0 Å². The van der Waals surface area contributed by atoms with E-state index in [1.165, 1.54) is 23.9 Å². The molecule has 1 amide bonds. The van der Waals surface area contributed by atoms with Crippen LogP contribution in [0.25, 0.3) is 0 Å². The van der Waals surface area contributed by atoms with Gasteiger partial charge in [0.2, 0.25) is 5.91 Å². The molecule has 1 N–H and O–H groups in total. The number of benzene rings is 1. The first-order chi connectivity index (χ1) is 14.8. The van der Waals surface area contributed by atoms with Crippen LogP contribution in [0.2, 0.25) is 0 Å². The van der Waals surface area contributed by atoms with E-state index >= 15 is 0 Å². The Morgan fingerprint density at radius 1 is 1.19 bits per heavy atom. The molecule has 0 radical (unpaired) electrons. The molecule has 0 spiro atoms. The van der Waals surface area contributed by atoms with Gasteiger partial charge < -0.3 is 14.8 Å². The van der Waals surface area contributed by atoms with Crippen molar-refractivity contribution in [3.8, 4) is 0 Å². The molecule has 168 valence electrons. The molecule has 1 aliphatic heterocycles. The Bertz CT molecular complexity index is 1030. The van der Waals surface area contributed by atoms with E-state index in [-0.39, 0.29) is 17.5 Å². The fraction of sp³-hybridized carbons (Fsp3) is 0.476. The molecule has 0 fully saturated rings. The van der Waals surface area contributed by atoms with Crippen molar-refractivity contribution < 1.29 is 13.2 Å². The smallest absolute Gasteiger partial charge is 0.261 e. The number of amidine groups is 1. The third-order valence-corrected chi connectivity index (χ3v) is 7.03. The van der Waals surface area contributed by atoms with Crippen molar-refractivity contribution >= 4 is 21.8 Å². The summed E-state index contributed by atoms with van der Waals surface area (Å²) in [5, 5.41) is 3.27. The van der Waals surface area contributed by atoms with E-state index in [0.29, 0.717) is 19.4 Å². The van der Waals surface area contributed by atoms with Crippen LogP contribution in [0.1, 0.15) is 24.0 Å². The van der Waals surface area contributed by atoms with Crippen LogP contribution in [0.4, 0.5) is 0 Å². The number of hydrogen-bond acceptors (Lipinski definition) is 6. The lowest BCUT2D eigenvalue weighted by atomic mass is 10.1. The molecule has 0 saturated heterocycles. The Kier molecular flexibility index (Phi) is 7.45. The Balaban J connectivity index is 1.41. The fourth-order valence-corrected chi connectivity index (χ4v) is 4.46. The maximum Gasteiger partial charge on any atom is 0.261 e. The van der Waals surface area contributed by atoms with Crippen molar-refractivity contribution in [2.75, 3.05) is 40.3 Å². The Hall–Kier alpha value is -2.72. The van der Waals surface area contributed by atoms with Crippen molar-refractivity contribution in [1.29, 1.82) is 0 Å². The fourth-order valence-electron chi connectivity index (χ4n) is 3.29. The van der Waals surface area contributed by atoms with E-state index in [2.05, 4.69) is 27.4 Å². The number of aryl methyl sites for hydroxylation is 1. The Morgan fingerprint density at radius 3 is 2.55 bits per heavy atom. The van der Waals surface area contributed by atoms with Gasteiger partial charge in [0.05, 0.1) is 12.9 Å². The van der Waals surface area contributed by atoms with Crippen LogP contribution in [-0.2, 0) is 28.3 Å². The number of likely N-dealkylation sites (N-methyl/N-ethyl adjacent to an activating group) is 1. The third-order valence-electron chi connectivity index (χ3n) is 5.28. The number of rotatable bonds is 10. The van der Waals surface area contributed by atoms with Crippen molar-refractivity contribution in [2.24, 2.45) is 12.0 Å². The van der Waals surface area contributed by atoms with E-state index in [9.17, 15) is 13.2 Å². The number of sulfonamides is 1. The van der Waals surface area contributed by atoms with Crippen LogP contribution in [-0.4, -0.2) is 79.2 Å². The zero-order chi connectivity index (χ0) is 22.4. The van der Waals surface area contributed by atoms with Gasteiger partial charge in [-0.15, -0.1) is 0 Å². The first-order valence-electron chi connectivity index (χ1n) is 10.3. The summed E-state index contributed by atoms with van der Waals surface area (Å²) in [6.07, 6.45) is 4.43. The quantitative estimate of drug-likeness (QED) is 0.584. The number of aliphatic imine (C=N–C) groups is 1. The predicted octanol–water partition coefficient (Wildman–Crippen LogP) is 0.872. The largest absolute Gasteiger partial charge is 0.368 e. The average molecular weight is 447 g/mol. The van der Waals surface area contributed by atoms with Crippen LogP contribution in [0, 0.1) is 0 Å². The maximum absolute atomic E-state index is 12.5. The number of amides is 1. The molecule has 1 aromatic carbocycles. The summed E-state index contributed by atoms with van der Waals surface area (Å²) in [6.45, 7) is 2.57. The molecule has 0 bridgehead atoms. The van der Waals surface area contributed by atoms with Gasteiger partial charge in [0.15, 0.2) is 5.03 Å². The van der Waals surface area contributed by atoms with E-state index < -0.39 is 10.0 Å². The molecular formula is C21H30N6O3S. The van der Waals surface area contributed by atoms with Gasteiger partial charge in [0.25, 0.3) is 10.0 Å². The highest BCUT2D eigenvalue weighted by molar-refractivity contribution is 7.89. The molecule has 2 heterocycles. The lowest BCUT2D eigenvalue weighted by Crippen LogP contribution is -2.31. The highest BCUT2D eigenvalue weighted by Gasteiger charge is 2.23. The van der Waals surface area contributed by atoms with Crippen LogP contribution in [0.15, 0.2) is 46.8 Å². The summed E-state index contributed by atoms with van der Waals surface area (Å²) in [4.78, 5) is 22.4. The summed E-state index contributed by atoms with van der Waals surface area (Å²) < 4.78 is 27.8. The van der Waals surface area contributed by atoms with E-state index in [0.717, 1.165) is 36.5 Å². The van der Waals surface area contributed by atoms with Crippen molar-refractivity contribution in [3.05, 3.63) is 47.9 Å². The predicted molar refractivity (Wildman–Crippen MR) is 119 cm³/mol. The standard InChI is InChI=1S/C21H30N6O3S/c1-25-15-19(24-16-25)31(29,30)27(3)13-4-5-20(28)26(2)14-10-17-6-8-18(9-7-17)21-22-11-12-23-21/h6-9,15-16H,4-5,10-14H2,1-3H3,(H,22,23). The van der Waals surface area contributed by atoms with Gasteiger partial charge in [-0.2, -0.15) is 4.31 Å². The average Bonchev–Trinajstić information content (AvgIpc) is 3.44. The van der Waals surface area contributed by atoms with Crippen LogP contribution < -0.4 is 5.32 Å². The van der Waals surface area contributed by atoms with Crippen LogP contribution >= 0.6 is 0 Å². The number of imidazole rings is 1. The molecule has 0 saturated carbocycles. The first-order valence-corrected chi connectivity index (χ1v) is 11.8. The van der Waals surface area contributed by atoms with Crippen LogP contribution in [0.3, 0.4) is 0 Å². The SMILES string of the molecule is CN(CCc1ccc(C2=NCCN2)cc1)C(=O)CCCN(C)S(=O)(=O)c1cn(C)cn1. The second-order valence-corrected chi connectivity index (χ2v) is 9.72. The molecule has 1 aliphatic rings. The molecule has 9 nitrogen and oxygen atoms in total. The molecule has 0 atom stereocenters. The lowest BCUT2D eigenvalue weighted by molar-refractivity contribution is -0.130. The maximum atomic E-state index is 12.5. The summed E-state index contributed by atoms with van der Waals surface area (Å²) >= 11 is 0. The monoisotopic (exact) mass is 446 g/mol. The van der Waals surface area contributed by atoms with Gasteiger partial charge in [-0.1, -0.05) is 24.3 Å². The second kappa shape index (κ2) is 10.1. The molecule has 10 heteroatoms. The number of nitrogens with zero attached hydrogens (tertiary/aromatic N) is 5.